The van der Waals surface area contributed by atoms with Gasteiger partial charge in [-0.15, -0.1) is 0 Å². The van der Waals surface area contributed by atoms with Gasteiger partial charge in [0.15, 0.2) is 9.84 Å². The van der Waals surface area contributed by atoms with Crippen LogP contribution in [0.1, 0.15) is 10.4 Å². The number of carbonyl (C=O) groups is 1. The van der Waals surface area contributed by atoms with Gasteiger partial charge in [0.25, 0.3) is 5.91 Å². The number of carbonyl (C=O) groups excluding carboxylic acids is 1. The minimum Gasteiger partial charge on any atom is -0.322 e. The molecule has 1 aromatic heterocycles. The van der Waals surface area contributed by atoms with E-state index < -0.39 is 9.84 Å². The van der Waals surface area contributed by atoms with Crippen molar-refractivity contribution in [1.29, 1.82) is 0 Å². The van der Waals surface area contributed by atoms with Crippen LogP contribution in [0.3, 0.4) is 0 Å². The van der Waals surface area contributed by atoms with Crippen molar-refractivity contribution in [3.8, 4) is 11.1 Å². The summed E-state index contributed by atoms with van der Waals surface area (Å²) in [5.41, 5.74) is 3.07. The molecule has 0 unspecified atom stereocenters. The zero-order chi connectivity index (χ0) is 17.2. The van der Waals surface area contributed by atoms with E-state index in [9.17, 15) is 13.2 Å². The van der Waals surface area contributed by atoms with E-state index in [4.69, 9.17) is 0 Å². The Morgan fingerprint density at radius 3 is 2.50 bits per heavy atom. The predicted molar refractivity (Wildman–Crippen MR) is 97.3 cm³/mol. The van der Waals surface area contributed by atoms with Gasteiger partial charge in [-0.25, -0.2) is 8.42 Å². The van der Waals surface area contributed by atoms with E-state index in [1.807, 2.05) is 35.0 Å². The number of anilines is 1. The van der Waals surface area contributed by atoms with E-state index >= 15 is 0 Å². The Balaban J connectivity index is 1.84. The van der Waals surface area contributed by atoms with Gasteiger partial charge >= 0.3 is 0 Å². The molecule has 3 rings (SSSR count). The molecule has 0 radical (unpaired) electrons. The van der Waals surface area contributed by atoms with Crippen LogP contribution in [0.2, 0.25) is 0 Å². The van der Waals surface area contributed by atoms with Gasteiger partial charge in [0.2, 0.25) is 0 Å². The molecule has 0 saturated carbocycles. The molecule has 2 aromatic carbocycles. The average Bonchev–Trinajstić information content (AvgIpc) is 3.09. The number of amides is 1. The maximum atomic E-state index is 12.4. The van der Waals surface area contributed by atoms with E-state index in [0.29, 0.717) is 11.3 Å². The van der Waals surface area contributed by atoms with Crippen molar-refractivity contribution in [2.45, 2.75) is 4.90 Å². The van der Waals surface area contributed by atoms with Gasteiger partial charge in [-0.05, 0) is 58.3 Å². The molecule has 4 nitrogen and oxygen atoms in total. The van der Waals surface area contributed by atoms with Gasteiger partial charge in [-0.3, -0.25) is 4.79 Å². The Labute approximate surface area is 144 Å². The molecule has 0 aliphatic carbocycles. The highest BCUT2D eigenvalue weighted by atomic mass is 32.2. The monoisotopic (exact) mass is 357 g/mol. The highest BCUT2D eigenvalue weighted by Gasteiger charge is 2.12. The standard InChI is InChI=1S/C18H15NO3S2/c1-24(21,22)17-7-3-5-14(11-17)18(20)19-16-6-2-4-13(10-16)15-8-9-23-12-15/h2-12H,1H3,(H,19,20). The van der Waals surface area contributed by atoms with Crippen molar-refractivity contribution in [2.24, 2.45) is 0 Å². The maximum absolute atomic E-state index is 12.4. The molecule has 0 saturated heterocycles. The van der Waals surface area contributed by atoms with Crippen LogP contribution in [-0.2, 0) is 9.84 Å². The lowest BCUT2D eigenvalue weighted by Crippen LogP contribution is -2.12. The van der Waals surface area contributed by atoms with Crippen molar-refractivity contribution < 1.29 is 13.2 Å². The Kier molecular flexibility index (Phi) is 4.51. The number of benzene rings is 2. The van der Waals surface area contributed by atoms with Crippen LogP contribution >= 0.6 is 11.3 Å². The number of sulfone groups is 1. The molecule has 0 aliphatic rings. The van der Waals surface area contributed by atoms with Crippen molar-refractivity contribution in [2.75, 3.05) is 11.6 Å². The molecule has 0 aliphatic heterocycles. The van der Waals surface area contributed by atoms with E-state index in [1.54, 1.807) is 29.5 Å². The highest BCUT2D eigenvalue weighted by Crippen LogP contribution is 2.25. The molecule has 24 heavy (non-hydrogen) atoms. The van der Waals surface area contributed by atoms with Gasteiger partial charge in [0.05, 0.1) is 4.90 Å². The third-order valence-electron chi connectivity index (χ3n) is 3.50. The Bertz CT molecular complexity index is 977. The van der Waals surface area contributed by atoms with Crippen molar-refractivity contribution in [3.63, 3.8) is 0 Å². The van der Waals surface area contributed by atoms with E-state index in [0.717, 1.165) is 17.4 Å². The van der Waals surface area contributed by atoms with Crippen LogP contribution in [0.5, 0.6) is 0 Å². The second-order valence-corrected chi connectivity index (χ2v) is 8.14. The molecular formula is C18H15NO3S2. The first-order valence-electron chi connectivity index (χ1n) is 7.17. The molecule has 1 N–H and O–H groups in total. The third-order valence-corrected chi connectivity index (χ3v) is 5.29. The van der Waals surface area contributed by atoms with E-state index in [1.165, 1.54) is 12.1 Å². The average molecular weight is 357 g/mol. The smallest absolute Gasteiger partial charge is 0.255 e. The molecule has 0 spiro atoms. The highest BCUT2D eigenvalue weighted by molar-refractivity contribution is 7.90. The van der Waals surface area contributed by atoms with Crippen LogP contribution < -0.4 is 5.32 Å². The first-order chi connectivity index (χ1) is 11.4. The molecular weight excluding hydrogens is 342 g/mol. The molecule has 122 valence electrons. The summed E-state index contributed by atoms with van der Waals surface area (Å²) >= 11 is 1.61. The lowest BCUT2D eigenvalue weighted by Gasteiger charge is -2.08. The summed E-state index contributed by atoms with van der Waals surface area (Å²) in [6, 6.07) is 15.6. The van der Waals surface area contributed by atoms with Gasteiger partial charge in [0.1, 0.15) is 0 Å². The second-order valence-electron chi connectivity index (χ2n) is 5.35. The molecule has 6 heteroatoms. The lowest BCUT2D eigenvalue weighted by atomic mass is 10.1. The summed E-state index contributed by atoms with van der Waals surface area (Å²) in [4.78, 5) is 12.5. The van der Waals surface area contributed by atoms with Crippen molar-refractivity contribution in [1.82, 2.24) is 0 Å². The van der Waals surface area contributed by atoms with Crippen LogP contribution in [-0.4, -0.2) is 20.6 Å². The first kappa shape index (κ1) is 16.4. The molecule has 1 amide bonds. The first-order valence-corrected chi connectivity index (χ1v) is 10.0. The SMILES string of the molecule is CS(=O)(=O)c1cccc(C(=O)Nc2cccc(-c3ccsc3)c2)c1. The summed E-state index contributed by atoms with van der Waals surface area (Å²) in [5.74, 6) is -0.344. The fourth-order valence-electron chi connectivity index (χ4n) is 2.28. The number of hydrogen-bond donors (Lipinski definition) is 1. The van der Waals surface area contributed by atoms with E-state index in [-0.39, 0.29) is 10.8 Å². The molecule has 1 heterocycles. The number of rotatable bonds is 4. The summed E-state index contributed by atoms with van der Waals surface area (Å²) in [6.07, 6.45) is 1.12. The third kappa shape index (κ3) is 3.72. The molecule has 0 fully saturated rings. The largest absolute Gasteiger partial charge is 0.322 e. The topological polar surface area (TPSA) is 63.2 Å². The molecule has 3 aromatic rings. The summed E-state index contributed by atoms with van der Waals surface area (Å²) < 4.78 is 23.2. The Morgan fingerprint density at radius 2 is 1.79 bits per heavy atom. The number of thiophene rings is 1. The maximum Gasteiger partial charge on any atom is 0.255 e. The summed E-state index contributed by atoms with van der Waals surface area (Å²) in [7, 11) is -3.35. The number of hydrogen-bond acceptors (Lipinski definition) is 4. The normalized spacial score (nSPS) is 11.2. The predicted octanol–water partition coefficient (Wildman–Crippen LogP) is 4.07. The zero-order valence-electron chi connectivity index (χ0n) is 12.9. The van der Waals surface area contributed by atoms with Gasteiger partial charge in [-0.1, -0.05) is 18.2 Å². The summed E-state index contributed by atoms with van der Waals surface area (Å²) in [5, 5.41) is 6.84. The molecule has 0 atom stereocenters. The van der Waals surface area contributed by atoms with E-state index in [2.05, 4.69) is 5.32 Å². The minimum atomic E-state index is -3.35. The van der Waals surface area contributed by atoms with Gasteiger partial charge in [-0.2, -0.15) is 11.3 Å². The fraction of sp³-hybridized carbons (Fsp3) is 0.0556. The van der Waals surface area contributed by atoms with Gasteiger partial charge < -0.3 is 5.32 Å². The quantitative estimate of drug-likeness (QED) is 0.765. The Morgan fingerprint density at radius 1 is 1.00 bits per heavy atom. The zero-order valence-corrected chi connectivity index (χ0v) is 14.5. The minimum absolute atomic E-state index is 0.127. The summed E-state index contributed by atoms with van der Waals surface area (Å²) in [6.45, 7) is 0. The number of nitrogens with one attached hydrogen (secondary N) is 1. The van der Waals surface area contributed by atoms with Crippen molar-refractivity contribution in [3.05, 3.63) is 70.9 Å². The molecule has 0 bridgehead atoms. The second kappa shape index (κ2) is 6.59. The van der Waals surface area contributed by atoms with Crippen LogP contribution in [0.4, 0.5) is 5.69 Å². The van der Waals surface area contributed by atoms with Crippen LogP contribution in [0, 0.1) is 0 Å². The Hall–Kier alpha value is -2.44. The van der Waals surface area contributed by atoms with Crippen LogP contribution in [0.15, 0.2) is 70.3 Å². The van der Waals surface area contributed by atoms with Crippen molar-refractivity contribution >= 4 is 32.8 Å². The van der Waals surface area contributed by atoms with Gasteiger partial charge in [0, 0.05) is 17.5 Å². The lowest BCUT2D eigenvalue weighted by molar-refractivity contribution is 0.102. The fourth-order valence-corrected chi connectivity index (χ4v) is 3.61. The van der Waals surface area contributed by atoms with Crippen LogP contribution in [0.25, 0.3) is 11.1 Å².